The summed E-state index contributed by atoms with van der Waals surface area (Å²) in [6.45, 7) is 10.6. The molecule has 0 saturated carbocycles. The molecular weight excluding hydrogens is 232 g/mol. The minimum absolute atomic E-state index is 0.165. The molecule has 1 aromatic carbocycles. The van der Waals surface area contributed by atoms with Gasteiger partial charge >= 0.3 is 0 Å². The number of hydrogen-bond donors (Lipinski definition) is 1. The SMILES string of the molecule is Cc1cccc(Cn2ccc(CNC(C)(C)C)c2)c1. The molecule has 0 aliphatic heterocycles. The van der Waals surface area contributed by atoms with Crippen LogP contribution in [-0.4, -0.2) is 10.1 Å². The molecule has 2 aromatic rings. The summed E-state index contributed by atoms with van der Waals surface area (Å²) in [6.07, 6.45) is 4.38. The molecule has 0 saturated heterocycles. The van der Waals surface area contributed by atoms with Crippen LogP contribution >= 0.6 is 0 Å². The molecule has 2 heteroatoms. The molecule has 102 valence electrons. The molecule has 0 aliphatic carbocycles. The van der Waals surface area contributed by atoms with Gasteiger partial charge in [-0.1, -0.05) is 29.8 Å². The van der Waals surface area contributed by atoms with Crippen LogP contribution in [0.2, 0.25) is 0 Å². The molecule has 2 nitrogen and oxygen atoms in total. The van der Waals surface area contributed by atoms with Crippen LogP contribution in [0, 0.1) is 6.92 Å². The quantitative estimate of drug-likeness (QED) is 0.882. The van der Waals surface area contributed by atoms with Crippen molar-refractivity contribution in [2.24, 2.45) is 0 Å². The summed E-state index contributed by atoms with van der Waals surface area (Å²) >= 11 is 0. The zero-order chi connectivity index (χ0) is 13.9. The molecule has 0 radical (unpaired) electrons. The van der Waals surface area contributed by atoms with Crippen LogP contribution in [0.5, 0.6) is 0 Å². The van der Waals surface area contributed by atoms with Crippen molar-refractivity contribution in [1.29, 1.82) is 0 Å². The number of hydrogen-bond acceptors (Lipinski definition) is 1. The van der Waals surface area contributed by atoms with Crippen molar-refractivity contribution in [1.82, 2.24) is 9.88 Å². The third-order valence-electron chi connectivity index (χ3n) is 3.08. The second-order valence-corrected chi connectivity index (χ2v) is 6.28. The first-order valence-electron chi connectivity index (χ1n) is 6.88. The van der Waals surface area contributed by atoms with Crippen molar-refractivity contribution in [3.05, 3.63) is 59.4 Å². The molecular formula is C17H24N2. The van der Waals surface area contributed by atoms with Gasteiger partial charge in [-0.3, -0.25) is 0 Å². The van der Waals surface area contributed by atoms with Crippen LogP contribution in [0.4, 0.5) is 0 Å². The summed E-state index contributed by atoms with van der Waals surface area (Å²) in [5.41, 5.74) is 4.17. The van der Waals surface area contributed by atoms with E-state index in [1.807, 2.05) is 0 Å². The van der Waals surface area contributed by atoms with Gasteiger partial charge in [0, 0.05) is 31.0 Å². The Morgan fingerprint density at radius 2 is 1.89 bits per heavy atom. The minimum Gasteiger partial charge on any atom is -0.350 e. The molecule has 0 bridgehead atoms. The number of aromatic nitrogens is 1. The van der Waals surface area contributed by atoms with E-state index in [0.29, 0.717) is 0 Å². The van der Waals surface area contributed by atoms with Crippen molar-refractivity contribution in [3.63, 3.8) is 0 Å². The maximum Gasteiger partial charge on any atom is 0.0470 e. The Kier molecular flexibility index (Phi) is 4.11. The third kappa shape index (κ3) is 4.56. The number of aryl methyl sites for hydroxylation is 1. The summed E-state index contributed by atoms with van der Waals surface area (Å²) in [5, 5.41) is 3.51. The van der Waals surface area contributed by atoms with Crippen molar-refractivity contribution < 1.29 is 0 Å². The van der Waals surface area contributed by atoms with Gasteiger partial charge in [0.15, 0.2) is 0 Å². The first kappa shape index (κ1) is 13.9. The Labute approximate surface area is 116 Å². The van der Waals surface area contributed by atoms with Crippen LogP contribution in [0.3, 0.4) is 0 Å². The highest BCUT2D eigenvalue weighted by molar-refractivity contribution is 5.23. The number of rotatable bonds is 4. The van der Waals surface area contributed by atoms with Gasteiger partial charge in [0.25, 0.3) is 0 Å². The van der Waals surface area contributed by atoms with Crippen LogP contribution in [0.1, 0.15) is 37.5 Å². The normalized spacial score (nSPS) is 11.8. The topological polar surface area (TPSA) is 17.0 Å². The largest absolute Gasteiger partial charge is 0.350 e. The molecule has 0 fully saturated rings. The Balaban J connectivity index is 1.97. The average molecular weight is 256 g/mol. The lowest BCUT2D eigenvalue weighted by Gasteiger charge is -2.19. The Hall–Kier alpha value is -1.54. The van der Waals surface area contributed by atoms with E-state index < -0.39 is 0 Å². The van der Waals surface area contributed by atoms with Crippen LogP contribution in [-0.2, 0) is 13.1 Å². The lowest BCUT2D eigenvalue weighted by Crippen LogP contribution is -2.34. The molecule has 1 heterocycles. The molecule has 1 aromatic heterocycles. The lowest BCUT2D eigenvalue weighted by atomic mass is 10.1. The van der Waals surface area contributed by atoms with E-state index in [1.165, 1.54) is 16.7 Å². The Morgan fingerprint density at radius 3 is 2.58 bits per heavy atom. The summed E-state index contributed by atoms with van der Waals surface area (Å²) in [7, 11) is 0. The zero-order valence-corrected chi connectivity index (χ0v) is 12.4. The fourth-order valence-corrected chi connectivity index (χ4v) is 2.08. The lowest BCUT2D eigenvalue weighted by molar-refractivity contribution is 0.424. The second kappa shape index (κ2) is 5.62. The number of benzene rings is 1. The van der Waals surface area contributed by atoms with Crippen molar-refractivity contribution in [3.8, 4) is 0 Å². The highest BCUT2D eigenvalue weighted by Crippen LogP contribution is 2.09. The summed E-state index contributed by atoms with van der Waals surface area (Å²) in [4.78, 5) is 0. The monoisotopic (exact) mass is 256 g/mol. The molecule has 0 unspecified atom stereocenters. The van der Waals surface area contributed by atoms with Crippen LogP contribution in [0.25, 0.3) is 0 Å². The van der Waals surface area contributed by atoms with Gasteiger partial charge in [-0.15, -0.1) is 0 Å². The van der Waals surface area contributed by atoms with Crippen LogP contribution in [0.15, 0.2) is 42.7 Å². The second-order valence-electron chi connectivity index (χ2n) is 6.28. The van der Waals surface area contributed by atoms with Gasteiger partial charge in [0.05, 0.1) is 0 Å². The van der Waals surface area contributed by atoms with E-state index in [1.54, 1.807) is 0 Å². The van der Waals surface area contributed by atoms with E-state index in [9.17, 15) is 0 Å². The zero-order valence-electron chi connectivity index (χ0n) is 12.4. The van der Waals surface area contributed by atoms with E-state index >= 15 is 0 Å². The van der Waals surface area contributed by atoms with Crippen molar-refractivity contribution in [2.45, 2.75) is 46.3 Å². The molecule has 19 heavy (non-hydrogen) atoms. The fourth-order valence-electron chi connectivity index (χ4n) is 2.08. The van der Waals surface area contributed by atoms with Crippen molar-refractivity contribution in [2.75, 3.05) is 0 Å². The first-order valence-corrected chi connectivity index (χ1v) is 6.88. The fraction of sp³-hybridized carbons (Fsp3) is 0.412. The predicted molar refractivity (Wildman–Crippen MR) is 81.3 cm³/mol. The maximum atomic E-state index is 3.51. The minimum atomic E-state index is 0.165. The van der Waals surface area contributed by atoms with Gasteiger partial charge in [-0.25, -0.2) is 0 Å². The summed E-state index contributed by atoms with van der Waals surface area (Å²) in [5.74, 6) is 0. The third-order valence-corrected chi connectivity index (χ3v) is 3.08. The van der Waals surface area contributed by atoms with Gasteiger partial charge in [-0.2, -0.15) is 0 Å². The highest BCUT2D eigenvalue weighted by Gasteiger charge is 2.08. The standard InChI is InChI=1S/C17H24N2/c1-14-6-5-7-15(10-14)12-19-9-8-16(13-19)11-18-17(2,3)4/h5-10,13,18H,11-12H2,1-4H3. The molecule has 2 rings (SSSR count). The Morgan fingerprint density at radius 1 is 1.11 bits per heavy atom. The van der Waals surface area contributed by atoms with Gasteiger partial charge in [-0.05, 0) is 44.9 Å². The van der Waals surface area contributed by atoms with Crippen LogP contribution < -0.4 is 5.32 Å². The predicted octanol–water partition coefficient (Wildman–Crippen LogP) is 3.73. The van der Waals surface area contributed by atoms with Gasteiger partial charge in [0.1, 0.15) is 0 Å². The molecule has 0 aliphatic rings. The average Bonchev–Trinajstić information content (AvgIpc) is 2.73. The Bertz CT molecular complexity index is 532. The van der Waals surface area contributed by atoms with Crippen molar-refractivity contribution >= 4 is 0 Å². The van der Waals surface area contributed by atoms with E-state index in [-0.39, 0.29) is 5.54 Å². The van der Waals surface area contributed by atoms with E-state index in [0.717, 1.165) is 13.1 Å². The smallest absolute Gasteiger partial charge is 0.0470 e. The van der Waals surface area contributed by atoms with Gasteiger partial charge < -0.3 is 9.88 Å². The number of nitrogens with zero attached hydrogens (tertiary/aromatic N) is 1. The highest BCUT2D eigenvalue weighted by atomic mass is 15.0. The first-order chi connectivity index (χ1) is 8.92. The molecule has 0 atom stereocenters. The maximum absolute atomic E-state index is 3.51. The molecule has 0 amide bonds. The molecule has 0 spiro atoms. The van der Waals surface area contributed by atoms with Gasteiger partial charge in [0.2, 0.25) is 0 Å². The summed E-state index contributed by atoms with van der Waals surface area (Å²) < 4.78 is 2.24. The summed E-state index contributed by atoms with van der Waals surface area (Å²) in [6, 6.07) is 10.9. The molecule has 1 N–H and O–H groups in total. The van der Waals surface area contributed by atoms with E-state index in [4.69, 9.17) is 0 Å². The number of nitrogens with one attached hydrogen (secondary N) is 1. The van der Waals surface area contributed by atoms with E-state index in [2.05, 4.69) is 80.3 Å².